The van der Waals surface area contributed by atoms with Gasteiger partial charge in [0.25, 0.3) is 0 Å². The lowest BCUT2D eigenvalue weighted by molar-refractivity contribution is -0.0528. The van der Waals surface area contributed by atoms with E-state index >= 15 is 0 Å². The lowest BCUT2D eigenvalue weighted by atomic mass is 9.88. The Bertz CT molecular complexity index is 195. The predicted octanol–water partition coefficient (Wildman–Crippen LogP) is 0.0709. The van der Waals surface area contributed by atoms with E-state index in [-0.39, 0.29) is 12.1 Å². The number of hydrogen-bond acceptors (Lipinski definition) is 4. The fourth-order valence-electron chi connectivity index (χ4n) is 2.45. The highest BCUT2D eigenvalue weighted by atomic mass is 16.5. The van der Waals surface area contributed by atoms with Crippen molar-refractivity contribution >= 4 is 0 Å². The van der Waals surface area contributed by atoms with E-state index in [0.717, 1.165) is 45.8 Å². The molecule has 0 amide bonds. The second-order valence-corrected chi connectivity index (χ2v) is 4.70. The van der Waals surface area contributed by atoms with Crippen molar-refractivity contribution in [1.82, 2.24) is 4.90 Å². The second kappa shape index (κ2) is 5.25. The Kier molecular flexibility index (Phi) is 3.97. The van der Waals surface area contributed by atoms with Gasteiger partial charge in [0.15, 0.2) is 0 Å². The van der Waals surface area contributed by atoms with E-state index < -0.39 is 0 Å². The highest BCUT2D eigenvalue weighted by Crippen LogP contribution is 2.22. The third-order valence-corrected chi connectivity index (χ3v) is 3.54. The Morgan fingerprint density at radius 1 is 1.27 bits per heavy atom. The summed E-state index contributed by atoms with van der Waals surface area (Å²) >= 11 is 0. The van der Waals surface area contributed by atoms with Gasteiger partial charge in [0, 0.05) is 32.3 Å². The SMILES string of the molecule is CN1CCOC(C(N)C2CCOCC2)C1. The summed E-state index contributed by atoms with van der Waals surface area (Å²) < 4.78 is 11.1. The molecule has 0 radical (unpaired) electrons. The maximum absolute atomic E-state index is 6.28. The smallest absolute Gasteiger partial charge is 0.0855 e. The van der Waals surface area contributed by atoms with Crippen LogP contribution in [0.4, 0.5) is 0 Å². The molecule has 2 aliphatic heterocycles. The zero-order valence-electron chi connectivity index (χ0n) is 9.52. The number of ether oxygens (including phenoxy) is 2. The number of likely N-dealkylation sites (N-methyl/N-ethyl adjacent to an activating group) is 1. The molecule has 15 heavy (non-hydrogen) atoms. The minimum Gasteiger partial charge on any atom is -0.381 e. The Labute approximate surface area is 91.7 Å². The molecular weight excluding hydrogens is 192 g/mol. The van der Waals surface area contributed by atoms with E-state index in [1.54, 1.807) is 0 Å². The van der Waals surface area contributed by atoms with Gasteiger partial charge in [-0.05, 0) is 25.8 Å². The van der Waals surface area contributed by atoms with Gasteiger partial charge in [0.05, 0.1) is 12.7 Å². The molecule has 0 spiro atoms. The van der Waals surface area contributed by atoms with Crippen molar-refractivity contribution in [3.8, 4) is 0 Å². The Hall–Kier alpha value is -0.160. The van der Waals surface area contributed by atoms with Gasteiger partial charge in [-0.2, -0.15) is 0 Å². The van der Waals surface area contributed by atoms with E-state index in [1.807, 2.05) is 0 Å². The molecule has 2 N–H and O–H groups in total. The van der Waals surface area contributed by atoms with Crippen LogP contribution in [0.25, 0.3) is 0 Å². The summed E-state index contributed by atoms with van der Waals surface area (Å²) in [4.78, 5) is 2.30. The first kappa shape index (κ1) is 11.3. The molecule has 0 aromatic carbocycles. The minimum absolute atomic E-state index is 0.177. The first-order chi connectivity index (χ1) is 7.27. The van der Waals surface area contributed by atoms with Crippen molar-refractivity contribution in [3.63, 3.8) is 0 Å². The summed E-state index contributed by atoms with van der Waals surface area (Å²) in [5, 5.41) is 0. The van der Waals surface area contributed by atoms with Crippen molar-refractivity contribution in [1.29, 1.82) is 0 Å². The molecule has 2 aliphatic rings. The van der Waals surface area contributed by atoms with Gasteiger partial charge in [0.2, 0.25) is 0 Å². The van der Waals surface area contributed by atoms with Gasteiger partial charge < -0.3 is 20.1 Å². The lowest BCUT2D eigenvalue weighted by Crippen LogP contribution is -2.53. The first-order valence-electron chi connectivity index (χ1n) is 5.91. The van der Waals surface area contributed by atoms with Gasteiger partial charge in [-0.15, -0.1) is 0 Å². The van der Waals surface area contributed by atoms with Crippen LogP contribution in [0.1, 0.15) is 12.8 Å². The molecule has 0 aliphatic carbocycles. The summed E-state index contributed by atoms with van der Waals surface area (Å²) in [6.45, 7) is 4.54. The maximum atomic E-state index is 6.28. The van der Waals surface area contributed by atoms with Crippen LogP contribution in [0.3, 0.4) is 0 Å². The summed E-state index contributed by atoms with van der Waals surface area (Å²) in [5.74, 6) is 0.579. The number of morpholine rings is 1. The fourth-order valence-corrected chi connectivity index (χ4v) is 2.45. The van der Waals surface area contributed by atoms with Crippen LogP contribution in [-0.2, 0) is 9.47 Å². The van der Waals surface area contributed by atoms with E-state index in [9.17, 15) is 0 Å². The molecule has 4 heteroatoms. The monoisotopic (exact) mass is 214 g/mol. The molecular formula is C11H22N2O2. The molecule has 0 saturated carbocycles. The molecule has 2 atom stereocenters. The minimum atomic E-state index is 0.177. The van der Waals surface area contributed by atoms with Gasteiger partial charge in [0.1, 0.15) is 0 Å². The highest BCUT2D eigenvalue weighted by Gasteiger charge is 2.30. The van der Waals surface area contributed by atoms with Crippen LogP contribution in [0.15, 0.2) is 0 Å². The fraction of sp³-hybridized carbons (Fsp3) is 1.00. The van der Waals surface area contributed by atoms with Crippen LogP contribution < -0.4 is 5.73 Å². The van der Waals surface area contributed by atoms with E-state index in [4.69, 9.17) is 15.2 Å². The molecule has 2 unspecified atom stereocenters. The second-order valence-electron chi connectivity index (χ2n) is 4.70. The van der Waals surface area contributed by atoms with E-state index in [0.29, 0.717) is 5.92 Å². The first-order valence-corrected chi connectivity index (χ1v) is 5.91. The summed E-state index contributed by atoms with van der Waals surface area (Å²) in [6.07, 6.45) is 2.39. The third kappa shape index (κ3) is 2.91. The molecule has 2 saturated heterocycles. The Balaban J connectivity index is 1.85. The summed E-state index contributed by atoms with van der Waals surface area (Å²) in [6, 6.07) is 0.177. The average molecular weight is 214 g/mol. The predicted molar refractivity (Wildman–Crippen MR) is 58.8 cm³/mol. The van der Waals surface area contributed by atoms with Gasteiger partial charge in [-0.3, -0.25) is 0 Å². The van der Waals surface area contributed by atoms with Crippen LogP contribution in [0, 0.1) is 5.92 Å². The number of rotatable bonds is 2. The van der Waals surface area contributed by atoms with Crippen LogP contribution >= 0.6 is 0 Å². The Morgan fingerprint density at radius 3 is 2.67 bits per heavy atom. The van der Waals surface area contributed by atoms with Crippen LogP contribution in [0.2, 0.25) is 0 Å². The number of hydrogen-bond donors (Lipinski definition) is 1. The number of nitrogens with two attached hydrogens (primary N) is 1. The van der Waals surface area contributed by atoms with Gasteiger partial charge in [-0.25, -0.2) is 0 Å². The maximum Gasteiger partial charge on any atom is 0.0855 e. The topological polar surface area (TPSA) is 47.7 Å². The van der Waals surface area contributed by atoms with Crippen molar-refractivity contribution in [2.75, 3.05) is 40.0 Å². The van der Waals surface area contributed by atoms with Crippen molar-refractivity contribution in [2.24, 2.45) is 11.7 Å². The van der Waals surface area contributed by atoms with E-state index in [1.165, 1.54) is 0 Å². The molecule has 88 valence electrons. The zero-order chi connectivity index (χ0) is 10.7. The molecule has 2 rings (SSSR count). The molecule has 4 nitrogen and oxygen atoms in total. The van der Waals surface area contributed by atoms with Crippen molar-refractivity contribution in [2.45, 2.75) is 25.0 Å². The van der Waals surface area contributed by atoms with Crippen molar-refractivity contribution in [3.05, 3.63) is 0 Å². The Morgan fingerprint density at radius 2 is 2.00 bits per heavy atom. The van der Waals surface area contributed by atoms with E-state index in [2.05, 4.69) is 11.9 Å². The van der Waals surface area contributed by atoms with Gasteiger partial charge >= 0.3 is 0 Å². The van der Waals surface area contributed by atoms with Gasteiger partial charge in [-0.1, -0.05) is 0 Å². The lowest BCUT2D eigenvalue weighted by Gasteiger charge is -2.38. The average Bonchev–Trinajstić information content (AvgIpc) is 2.29. The largest absolute Gasteiger partial charge is 0.381 e. The molecule has 2 heterocycles. The quantitative estimate of drug-likeness (QED) is 0.707. The van der Waals surface area contributed by atoms with Crippen molar-refractivity contribution < 1.29 is 9.47 Å². The molecule has 0 aromatic heterocycles. The van der Waals surface area contributed by atoms with Crippen LogP contribution in [0.5, 0.6) is 0 Å². The number of nitrogens with zero attached hydrogens (tertiary/aromatic N) is 1. The third-order valence-electron chi connectivity index (χ3n) is 3.54. The zero-order valence-corrected chi connectivity index (χ0v) is 9.52. The normalized spacial score (nSPS) is 32.8. The summed E-state index contributed by atoms with van der Waals surface area (Å²) in [7, 11) is 2.13. The highest BCUT2D eigenvalue weighted by molar-refractivity contribution is 4.85. The molecule has 0 bridgehead atoms. The molecule has 2 fully saturated rings. The van der Waals surface area contributed by atoms with Crippen LogP contribution in [-0.4, -0.2) is 57.0 Å². The summed E-state index contributed by atoms with van der Waals surface area (Å²) in [5.41, 5.74) is 6.28. The standard InChI is InChI=1S/C11H22N2O2/c1-13-4-7-15-10(8-13)11(12)9-2-5-14-6-3-9/h9-11H,2-8,12H2,1H3. The molecule has 0 aromatic rings.